The monoisotopic (exact) mass is 400 g/mol. The van der Waals surface area contributed by atoms with Crippen molar-refractivity contribution in [3.8, 4) is 11.5 Å². The number of halogens is 1. The number of alkyl halides is 1. The smallest absolute Gasteiger partial charge is 0.295 e. The van der Waals surface area contributed by atoms with Gasteiger partial charge in [-0.1, -0.05) is 6.07 Å². The quantitative estimate of drug-likeness (QED) is 0.619. The molecule has 4 rings (SSSR count). The van der Waals surface area contributed by atoms with Gasteiger partial charge in [-0.3, -0.25) is 9.88 Å². The lowest BCUT2D eigenvalue weighted by Crippen LogP contribution is -2.38. The number of rotatable bonds is 8. The van der Waals surface area contributed by atoms with Gasteiger partial charge in [0.15, 0.2) is 17.1 Å². The standard InChI is InChI=1S/C21H25FN4O3/c1-27-18-3-2-15(12-19(18)28-11-7-22)14-26-9-5-16(6-10-26)24-21-25-17-4-8-23-13-20(17)29-21/h2-4,8,12-13,16H,5-7,9-11,14H2,1H3,(H,24,25). The van der Waals surface area contributed by atoms with Crippen LogP contribution in [-0.2, 0) is 6.54 Å². The molecule has 0 spiro atoms. The summed E-state index contributed by atoms with van der Waals surface area (Å²) in [5.41, 5.74) is 2.63. The molecule has 0 atom stereocenters. The lowest BCUT2D eigenvalue weighted by Gasteiger charge is -2.32. The van der Waals surface area contributed by atoms with Crippen molar-refractivity contribution < 1.29 is 18.3 Å². The molecule has 1 aromatic carbocycles. The number of nitrogens with one attached hydrogen (secondary N) is 1. The number of methoxy groups -OCH3 is 1. The van der Waals surface area contributed by atoms with Crippen molar-refractivity contribution in [3.63, 3.8) is 0 Å². The van der Waals surface area contributed by atoms with E-state index in [-0.39, 0.29) is 6.61 Å². The van der Waals surface area contributed by atoms with Crippen molar-refractivity contribution in [2.75, 3.05) is 38.8 Å². The number of hydrogen-bond acceptors (Lipinski definition) is 7. The Balaban J connectivity index is 1.31. The normalized spacial score (nSPS) is 15.5. The van der Waals surface area contributed by atoms with E-state index in [0.717, 1.165) is 43.6 Å². The molecule has 154 valence electrons. The minimum absolute atomic E-state index is 0.0305. The first-order chi connectivity index (χ1) is 14.2. The van der Waals surface area contributed by atoms with Crippen molar-refractivity contribution in [2.24, 2.45) is 0 Å². The third-order valence-corrected chi connectivity index (χ3v) is 5.08. The zero-order valence-corrected chi connectivity index (χ0v) is 16.4. The Morgan fingerprint density at radius 2 is 2.10 bits per heavy atom. The van der Waals surface area contributed by atoms with Crippen LogP contribution in [0.2, 0.25) is 0 Å². The lowest BCUT2D eigenvalue weighted by molar-refractivity contribution is 0.209. The van der Waals surface area contributed by atoms with Gasteiger partial charge in [0.1, 0.15) is 18.8 Å². The number of fused-ring (bicyclic) bond motifs is 1. The first-order valence-corrected chi connectivity index (χ1v) is 9.80. The number of anilines is 1. The van der Waals surface area contributed by atoms with Crippen LogP contribution in [0.25, 0.3) is 11.1 Å². The summed E-state index contributed by atoms with van der Waals surface area (Å²) < 4.78 is 28.9. The highest BCUT2D eigenvalue weighted by Crippen LogP contribution is 2.29. The van der Waals surface area contributed by atoms with Gasteiger partial charge < -0.3 is 19.2 Å². The number of pyridine rings is 1. The van der Waals surface area contributed by atoms with Gasteiger partial charge in [0, 0.05) is 31.9 Å². The van der Waals surface area contributed by atoms with Crippen LogP contribution in [0.5, 0.6) is 11.5 Å². The second kappa shape index (κ2) is 9.09. The van der Waals surface area contributed by atoms with Crippen molar-refractivity contribution >= 4 is 17.1 Å². The second-order valence-electron chi connectivity index (χ2n) is 7.08. The Bertz CT molecular complexity index is 908. The molecule has 0 aliphatic carbocycles. The number of likely N-dealkylation sites (tertiary alicyclic amines) is 1. The molecular weight excluding hydrogens is 375 g/mol. The fourth-order valence-electron chi connectivity index (χ4n) is 3.59. The molecule has 29 heavy (non-hydrogen) atoms. The van der Waals surface area contributed by atoms with Crippen molar-refractivity contribution in [1.29, 1.82) is 0 Å². The molecular formula is C21H25FN4O3. The average molecular weight is 400 g/mol. The number of oxazole rings is 1. The maximum absolute atomic E-state index is 12.4. The predicted octanol–water partition coefficient (Wildman–Crippen LogP) is 3.66. The fourth-order valence-corrected chi connectivity index (χ4v) is 3.59. The summed E-state index contributed by atoms with van der Waals surface area (Å²) in [6.45, 7) is 2.25. The Morgan fingerprint density at radius 3 is 2.86 bits per heavy atom. The number of ether oxygens (including phenoxy) is 2. The fraction of sp³-hybridized carbons (Fsp3) is 0.429. The molecule has 0 saturated carbocycles. The molecule has 1 aliphatic heterocycles. The summed E-state index contributed by atoms with van der Waals surface area (Å²) in [6.07, 6.45) is 5.38. The Kier molecular flexibility index (Phi) is 6.09. The first kappa shape index (κ1) is 19.4. The number of nitrogens with zero attached hydrogens (tertiary/aromatic N) is 3. The van der Waals surface area contributed by atoms with E-state index < -0.39 is 6.67 Å². The van der Waals surface area contributed by atoms with Crippen LogP contribution in [-0.4, -0.2) is 54.4 Å². The molecule has 1 fully saturated rings. The Morgan fingerprint density at radius 1 is 1.24 bits per heavy atom. The number of piperidine rings is 1. The molecule has 8 heteroatoms. The van der Waals surface area contributed by atoms with Gasteiger partial charge in [-0.15, -0.1) is 0 Å². The molecule has 0 amide bonds. The van der Waals surface area contributed by atoms with E-state index in [1.165, 1.54) is 0 Å². The summed E-state index contributed by atoms with van der Waals surface area (Å²) in [5, 5.41) is 3.40. The molecule has 0 unspecified atom stereocenters. The van der Waals surface area contributed by atoms with E-state index in [1.54, 1.807) is 19.5 Å². The van der Waals surface area contributed by atoms with Crippen molar-refractivity contribution in [3.05, 3.63) is 42.2 Å². The number of hydrogen-bond donors (Lipinski definition) is 1. The summed E-state index contributed by atoms with van der Waals surface area (Å²) in [7, 11) is 1.59. The van der Waals surface area contributed by atoms with E-state index in [9.17, 15) is 4.39 Å². The lowest BCUT2D eigenvalue weighted by atomic mass is 10.0. The number of benzene rings is 1. The average Bonchev–Trinajstić information content (AvgIpc) is 3.16. The predicted molar refractivity (Wildman–Crippen MR) is 108 cm³/mol. The van der Waals surface area contributed by atoms with Crippen LogP contribution in [0.3, 0.4) is 0 Å². The Labute approximate surface area is 168 Å². The second-order valence-corrected chi connectivity index (χ2v) is 7.08. The van der Waals surface area contributed by atoms with Crippen molar-refractivity contribution in [2.45, 2.75) is 25.4 Å². The zero-order chi connectivity index (χ0) is 20.1. The van der Waals surface area contributed by atoms with E-state index in [0.29, 0.717) is 29.1 Å². The van der Waals surface area contributed by atoms with Gasteiger partial charge in [0.2, 0.25) is 0 Å². The molecule has 3 aromatic rings. The highest BCUT2D eigenvalue weighted by molar-refractivity contribution is 5.72. The highest BCUT2D eigenvalue weighted by Gasteiger charge is 2.21. The largest absolute Gasteiger partial charge is 0.493 e. The summed E-state index contributed by atoms with van der Waals surface area (Å²) in [5.74, 6) is 1.21. The van der Waals surface area contributed by atoms with E-state index in [1.807, 2.05) is 24.3 Å². The molecule has 2 aromatic heterocycles. The Hall–Kier alpha value is -2.87. The van der Waals surface area contributed by atoms with Crippen LogP contribution in [0.15, 0.2) is 41.1 Å². The summed E-state index contributed by atoms with van der Waals surface area (Å²) in [4.78, 5) is 10.9. The zero-order valence-electron chi connectivity index (χ0n) is 16.4. The minimum atomic E-state index is -0.523. The van der Waals surface area contributed by atoms with Crippen LogP contribution < -0.4 is 14.8 Å². The maximum Gasteiger partial charge on any atom is 0.295 e. The van der Waals surface area contributed by atoms with Gasteiger partial charge >= 0.3 is 0 Å². The van der Waals surface area contributed by atoms with Gasteiger partial charge in [-0.25, -0.2) is 4.39 Å². The van der Waals surface area contributed by atoms with Crippen LogP contribution >= 0.6 is 0 Å². The maximum atomic E-state index is 12.4. The van der Waals surface area contributed by atoms with Gasteiger partial charge in [0.25, 0.3) is 6.01 Å². The molecule has 7 nitrogen and oxygen atoms in total. The van der Waals surface area contributed by atoms with Crippen LogP contribution in [0.4, 0.5) is 10.4 Å². The van der Waals surface area contributed by atoms with Gasteiger partial charge in [-0.2, -0.15) is 4.98 Å². The minimum Gasteiger partial charge on any atom is -0.493 e. The molecule has 0 bridgehead atoms. The van der Waals surface area contributed by atoms with Crippen LogP contribution in [0, 0.1) is 0 Å². The molecule has 1 saturated heterocycles. The molecule has 0 radical (unpaired) electrons. The topological polar surface area (TPSA) is 72.7 Å². The van der Waals surface area contributed by atoms with Gasteiger partial charge in [0.05, 0.1) is 13.3 Å². The summed E-state index contributed by atoms with van der Waals surface area (Å²) >= 11 is 0. The third kappa shape index (κ3) is 4.76. The molecule has 1 N–H and O–H groups in total. The molecule has 1 aliphatic rings. The van der Waals surface area contributed by atoms with Crippen LogP contribution in [0.1, 0.15) is 18.4 Å². The summed E-state index contributed by atoms with van der Waals surface area (Å²) in [6, 6.07) is 8.55. The van der Waals surface area contributed by atoms with Gasteiger partial charge in [-0.05, 0) is 36.6 Å². The first-order valence-electron chi connectivity index (χ1n) is 9.80. The van der Waals surface area contributed by atoms with E-state index in [2.05, 4.69) is 20.2 Å². The highest BCUT2D eigenvalue weighted by atomic mass is 19.1. The molecule has 3 heterocycles. The van der Waals surface area contributed by atoms with Crippen molar-refractivity contribution in [1.82, 2.24) is 14.9 Å². The van der Waals surface area contributed by atoms with E-state index in [4.69, 9.17) is 13.9 Å². The third-order valence-electron chi connectivity index (χ3n) is 5.08. The SMILES string of the molecule is COc1ccc(CN2CCC(Nc3nc4ccncc4o3)CC2)cc1OCCF. The van der Waals surface area contributed by atoms with E-state index >= 15 is 0 Å². The number of aromatic nitrogens is 2.